The molecule has 1 N–H and O–H groups in total. The van der Waals surface area contributed by atoms with Crippen LogP contribution in [0.15, 0.2) is 77.8 Å². The third kappa shape index (κ3) is 3.96. The molecule has 0 spiro atoms. The Labute approximate surface area is 153 Å². The molecular weight excluding hydrogens is 346 g/mol. The first-order chi connectivity index (χ1) is 13.3. The molecular formula is C19H13N5O3. The molecule has 0 bridgehead atoms. The van der Waals surface area contributed by atoms with E-state index in [2.05, 4.69) is 25.4 Å². The molecule has 132 valence electrons. The lowest BCUT2D eigenvalue weighted by Gasteiger charge is -2.05. The normalized spacial score (nSPS) is 10.4. The first-order valence-electron chi connectivity index (χ1n) is 8.01. The zero-order valence-corrected chi connectivity index (χ0v) is 13.9. The Morgan fingerprint density at radius 2 is 1.81 bits per heavy atom. The highest BCUT2D eigenvalue weighted by Crippen LogP contribution is 2.22. The highest BCUT2D eigenvalue weighted by atomic mass is 16.5. The number of carbonyl (C=O) groups is 1. The molecule has 3 aromatic heterocycles. The third-order valence-electron chi connectivity index (χ3n) is 3.55. The van der Waals surface area contributed by atoms with E-state index in [-0.39, 0.29) is 17.6 Å². The second-order valence-electron chi connectivity index (χ2n) is 5.43. The first-order valence-corrected chi connectivity index (χ1v) is 8.01. The van der Waals surface area contributed by atoms with Crippen LogP contribution in [-0.2, 0) is 0 Å². The molecule has 27 heavy (non-hydrogen) atoms. The van der Waals surface area contributed by atoms with Crippen molar-refractivity contribution in [3.05, 3.63) is 79.0 Å². The molecule has 0 saturated heterocycles. The number of rotatable bonds is 5. The van der Waals surface area contributed by atoms with Crippen molar-refractivity contribution in [3.63, 3.8) is 0 Å². The van der Waals surface area contributed by atoms with Crippen molar-refractivity contribution in [1.82, 2.24) is 20.1 Å². The number of carbonyl (C=O) groups excluding carboxylic acids is 1. The van der Waals surface area contributed by atoms with Crippen LogP contribution in [0.25, 0.3) is 11.3 Å². The number of pyridine rings is 1. The van der Waals surface area contributed by atoms with E-state index in [9.17, 15) is 4.79 Å². The van der Waals surface area contributed by atoms with E-state index in [4.69, 9.17) is 9.26 Å². The van der Waals surface area contributed by atoms with Gasteiger partial charge in [-0.1, -0.05) is 5.16 Å². The molecule has 8 nitrogen and oxygen atoms in total. The Morgan fingerprint density at radius 3 is 2.56 bits per heavy atom. The molecule has 0 radical (unpaired) electrons. The summed E-state index contributed by atoms with van der Waals surface area (Å²) in [4.78, 5) is 24.3. The summed E-state index contributed by atoms with van der Waals surface area (Å²) in [6, 6.07) is 13.9. The number of ether oxygens (including phenoxy) is 1. The average Bonchev–Trinajstić information content (AvgIpc) is 3.21. The van der Waals surface area contributed by atoms with Crippen LogP contribution >= 0.6 is 0 Å². The van der Waals surface area contributed by atoms with E-state index in [1.165, 1.54) is 0 Å². The van der Waals surface area contributed by atoms with E-state index in [1.54, 1.807) is 67.3 Å². The number of amides is 1. The average molecular weight is 359 g/mol. The van der Waals surface area contributed by atoms with Crippen LogP contribution in [0.3, 0.4) is 0 Å². The highest BCUT2D eigenvalue weighted by Gasteiger charge is 2.14. The minimum atomic E-state index is -0.381. The van der Waals surface area contributed by atoms with Crippen LogP contribution in [0.4, 0.5) is 5.69 Å². The first kappa shape index (κ1) is 16.4. The monoisotopic (exact) mass is 359 g/mol. The summed E-state index contributed by atoms with van der Waals surface area (Å²) in [7, 11) is 0. The van der Waals surface area contributed by atoms with Gasteiger partial charge in [-0.25, -0.2) is 9.97 Å². The number of hydrogen-bond donors (Lipinski definition) is 1. The van der Waals surface area contributed by atoms with E-state index in [0.29, 0.717) is 17.2 Å². The molecule has 0 unspecified atom stereocenters. The predicted molar refractivity (Wildman–Crippen MR) is 96.2 cm³/mol. The molecule has 0 aliphatic carbocycles. The maximum absolute atomic E-state index is 12.3. The SMILES string of the molecule is O=C(Nc1ccc(Oc2ncccn2)cc1)c1cc(-c2cccnc2)on1. The number of nitrogens with zero attached hydrogens (tertiary/aromatic N) is 4. The number of hydrogen-bond acceptors (Lipinski definition) is 7. The van der Waals surface area contributed by atoms with Crippen molar-refractivity contribution in [1.29, 1.82) is 0 Å². The van der Waals surface area contributed by atoms with Gasteiger partial charge in [-0.15, -0.1) is 0 Å². The zero-order chi connectivity index (χ0) is 18.5. The molecule has 0 atom stereocenters. The van der Waals surface area contributed by atoms with Gasteiger partial charge in [-0.05, 0) is 42.5 Å². The summed E-state index contributed by atoms with van der Waals surface area (Å²) in [5.74, 6) is 0.647. The second-order valence-corrected chi connectivity index (χ2v) is 5.43. The molecule has 0 saturated carbocycles. The van der Waals surface area contributed by atoms with Gasteiger partial charge < -0.3 is 14.6 Å². The van der Waals surface area contributed by atoms with Crippen molar-refractivity contribution in [2.45, 2.75) is 0 Å². The largest absolute Gasteiger partial charge is 0.424 e. The number of benzene rings is 1. The Kier molecular flexibility index (Phi) is 4.52. The number of nitrogens with one attached hydrogen (secondary N) is 1. The minimum Gasteiger partial charge on any atom is -0.424 e. The Bertz CT molecular complexity index is 1030. The zero-order valence-electron chi connectivity index (χ0n) is 13.9. The lowest BCUT2D eigenvalue weighted by molar-refractivity contribution is 0.101. The summed E-state index contributed by atoms with van der Waals surface area (Å²) < 4.78 is 10.7. The summed E-state index contributed by atoms with van der Waals surface area (Å²) in [6.07, 6.45) is 6.48. The summed E-state index contributed by atoms with van der Waals surface area (Å²) in [5, 5.41) is 6.56. The highest BCUT2D eigenvalue weighted by molar-refractivity contribution is 6.03. The van der Waals surface area contributed by atoms with Crippen LogP contribution in [0.5, 0.6) is 11.8 Å². The molecule has 1 amide bonds. The Hall–Kier alpha value is -4.07. The molecule has 4 rings (SSSR count). The standard InChI is InChI=1S/C19H13N5O3/c25-18(16-11-17(27-24-16)13-3-1-8-20-12-13)23-14-4-6-15(7-5-14)26-19-21-9-2-10-22-19/h1-12H,(H,23,25). The molecule has 1 aromatic carbocycles. The van der Waals surface area contributed by atoms with Crippen molar-refractivity contribution in [2.75, 3.05) is 5.32 Å². The van der Waals surface area contributed by atoms with E-state index in [1.807, 2.05) is 6.07 Å². The van der Waals surface area contributed by atoms with Crippen molar-refractivity contribution in [3.8, 4) is 23.1 Å². The summed E-state index contributed by atoms with van der Waals surface area (Å²) >= 11 is 0. The van der Waals surface area contributed by atoms with Crippen molar-refractivity contribution < 1.29 is 14.1 Å². The van der Waals surface area contributed by atoms with Gasteiger partial charge in [0, 0.05) is 42.1 Å². The molecule has 0 fully saturated rings. The lowest BCUT2D eigenvalue weighted by Crippen LogP contribution is -2.11. The maximum Gasteiger partial charge on any atom is 0.321 e. The van der Waals surface area contributed by atoms with Crippen LogP contribution in [0.1, 0.15) is 10.5 Å². The van der Waals surface area contributed by atoms with Gasteiger partial charge in [0.2, 0.25) is 0 Å². The summed E-state index contributed by atoms with van der Waals surface area (Å²) in [5.41, 5.74) is 1.51. The lowest BCUT2D eigenvalue weighted by atomic mass is 10.2. The second kappa shape index (κ2) is 7.44. The minimum absolute atomic E-state index is 0.173. The molecule has 0 aliphatic heterocycles. The fourth-order valence-electron chi connectivity index (χ4n) is 2.27. The topological polar surface area (TPSA) is 103 Å². The van der Waals surface area contributed by atoms with E-state index < -0.39 is 0 Å². The predicted octanol–water partition coefficient (Wildman–Crippen LogP) is 3.57. The Morgan fingerprint density at radius 1 is 1.00 bits per heavy atom. The van der Waals surface area contributed by atoms with Gasteiger partial charge in [0.05, 0.1) is 0 Å². The van der Waals surface area contributed by atoms with Gasteiger partial charge in [-0.2, -0.15) is 0 Å². The fraction of sp³-hybridized carbons (Fsp3) is 0. The molecule has 4 aromatic rings. The Balaban J connectivity index is 1.42. The van der Waals surface area contributed by atoms with Crippen molar-refractivity contribution >= 4 is 11.6 Å². The van der Waals surface area contributed by atoms with Gasteiger partial charge in [-0.3, -0.25) is 9.78 Å². The van der Waals surface area contributed by atoms with Crippen LogP contribution in [-0.4, -0.2) is 26.0 Å². The van der Waals surface area contributed by atoms with Crippen molar-refractivity contribution in [2.24, 2.45) is 0 Å². The number of aromatic nitrogens is 4. The van der Waals surface area contributed by atoms with E-state index >= 15 is 0 Å². The fourth-order valence-corrected chi connectivity index (χ4v) is 2.27. The van der Waals surface area contributed by atoms with Crippen LogP contribution < -0.4 is 10.1 Å². The smallest absolute Gasteiger partial charge is 0.321 e. The number of anilines is 1. The van der Waals surface area contributed by atoms with Crippen LogP contribution in [0.2, 0.25) is 0 Å². The van der Waals surface area contributed by atoms with Gasteiger partial charge in [0.1, 0.15) is 5.75 Å². The molecule has 3 heterocycles. The van der Waals surface area contributed by atoms with Gasteiger partial charge >= 0.3 is 6.01 Å². The van der Waals surface area contributed by atoms with E-state index in [0.717, 1.165) is 5.56 Å². The molecule has 8 heteroatoms. The van der Waals surface area contributed by atoms with Gasteiger partial charge in [0.15, 0.2) is 11.5 Å². The third-order valence-corrected chi connectivity index (χ3v) is 3.55. The summed E-state index contributed by atoms with van der Waals surface area (Å²) in [6.45, 7) is 0. The van der Waals surface area contributed by atoms with Gasteiger partial charge in [0.25, 0.3) is 5.91 Å². The van der Waals surface area contributed by atoms with Crippen LogP contribution in [0, 0.1) is 0 Å². The maximum atomic E-state index is 12.3. The molecule has 0 aliphatic rings. The quantitative estimate of drug-likeness (QED) is 0.581.